The highest BCUT2D eigenvalue weighted by atomic mass is 19.4. The quantitative estimate of drug-likeness (QED) is 0.411. The molecule has 41 heavy (non-hydrogen) atoms. The van der Waals surface area contributed by atoms with Crippen LogP contribution in [0.5, 0.6) is 0 Å². The van der Waals surface area contributed by atoms with Crippen LogP contribution in [0.25, 0.3) is 0 Å². The number of aliphatic carboxylic acids is 2. The Labute approximate surface area is 233 Å². The molecule has 1 aliphatic carbocycles. The lowest BCUT2D eigenvalue weighted by molar-refractivity contribution is -0.193. The Bertz CT molecular complexity index is 1030. The Kier molecular flexibility index (Phi) is 12.2. The molecule has 0 bridgehead atoms. The van der Waals surface area contributed by atoms with E-state index in [9.17, 15) is 31.1 Å². The summed E-state index contributed by atoms with van der Waals surface area (Å²) in [4.78, 5) is 40.5. The van der Waals surface area contributed by atoms with Crippen LogP contribution in [0.3, 0.4) is 0 Å². The number of carboxylic acids is 2. The molecule has 4 rings (SSSR count). The lowest BCUT2D eigenvalue weighted by Crippen LogP contribution is -2.29. The molecule has 1 saturated carbocycles. The number of rotatable bonds is 6. The standard InChI is InChI=1S/C22H34N4O.2C2HF3O2/c1-16(2)14-23-21-19(22(27)26-9-3-4-10-26)13-18-7-11-25(15-17-5-6-17)12-8-20(18)24-21;2*3-2(4,5)1(6)7/h13,16-17H,3-12,14-15H2,1-2H3,(H,23,24);2*(H,6,7). The van der Waals surface area contributed by atoms with Crippen LogP contribution in [-0.2, 0) is 22.4 Å². The van der Waals surface area contributed by atoms with Crippen molar-refractivity contribution in [2.45, 2.75) is 64.7 Å². The van der Waals surface area contributed by atoms with Crippen LogP contribution in [0.4, 0.5) is 32.2 Å². The van der Waals surface area contributed by atoms with Crippen molar-refractivity contribution < 1.29 is 50.9 Å². The first kappa shape index (κ1) is 34.1. The van der Waals surface area contributed by atoms with E-state index in [1.54, 1.807) is 0 Å². The van der Waals surface area contributed by atoms with E-state index >= 15 is 0 Å². The van der Waals surface area contributed by atoms with Crippen molar-refractivity contribution in [3.8, 4) is 0 Å². The molecule has 2 fully saturated rings. The number of alkyl halides is 6. The van der Waals surface area contributed by atoms with E-state index in [1.165, 1.54) is 30.6 Å². The van der Waals surface area contributed by atoms with Gasteiger partial charge in [-0.05, 0) is 55.6 Å². The average Bonchev–Trinajstić information content (AvgIpc) is 3.56. The smallest absolute Gasteiger partial charge is 0.475 e. The van der Waals surface area contributed by atoms with Crippen molar-refractivity contribution in [2.24, 2.45) is 11.8 Å². The van der Waals surface area contributed by atoms with Crippen molar-refractivity contribution >= 4 is 23.7 Å². The largest absolute Gasteiger partial charge is 0.490 e. The summed E-state index contributed by atoms with van der Waals surface area (Å²) >= 11 is 0. The minimum Gasteiger partial charge on any atom is -0.475 e. The number of nitrogens with one attached hydrogen (secondary N) is 1. The van der Waals surface area contributed by atoms with Gasteiger partial charge in [-0.15, -0.1) is 0 Å². The number of carbonyl (C=O) groups is 3. The van der Waals surface area contributed by atoms with Crippen LogP contribution in [0, 0.1) is 11.8 Å². The van der Waals surface area contributed by atoms with E-state index in [0.29, 0.717) is 5.92 Å². The number of anilines is 1. The highest BCUT2D eigenvalue weighted by Crippen LogP contribution is 2.31. The Morgan fingerprint density at radius 2 is 1.46 bits per heavy atom. The van der Waals surface area contributed by atoms with E-state index in [-0.39, 0.29) is 5.91 Å². The molecule has 1 saturated heterocycles. The second-order valence-corrected chi connectivity index (χ2v) is 10.6. The molecule has 0 radical (unpaired) electrons. The highest BCUT2D eigenvalue weighted by Gasteiger charge is 2.39. The van der Waals surface area contributed by atoms with Crippen LogP contribution >= 0.6 is 0 Å². The minimum absolute atomic E-state index is 0.160. The summed E-state index contributed by atoms with van der Waals surface area (Å²) in [6.07, 6.45) is -3.11. The number of pyridine rings is 1. The summed E-state index contributed by atoms with van der Waals surface area (Å²) in [7, 11) is 0. The van der Waals surface area contributed by atoms with E-state index < -0.39 is 24.3 Å². The normalized spacial score (nSPS) is 17.4. The maximum Gasteiger partial charge on any atom is 0.490 e. The summed E-state index contributed by atoms with van der Waals surface area (Å²) in [5.41, 5.74) is 3.26. The van der Waals surface area contributed by atoms with Crippen LogP contribution in [0.2, 0.25) is 0 Å². The Balaban J connectivity index is 0.000000349. The topological polar surface area (TPSA) is 123 Å². The predicted molar refractivity (Wildman–Crippen MR) is 137 cm³/mol. The van der Waals surface area contributed by atoms with Gasteiger partial charge >= 0.3 is 24.3 Å². The maximum absolute atomic E-state index is 13.1. The fourth-order valence-corrected chi connectivity index (χ4v) is 4.22. The van der Waals surface area contributed by atoms with Crippen molar-refractivity contribution in [1.29, 1.82) is 0 Å². The van der Waals surface area contributed by atoms with Gasteiger partial charge in [0.15, 0.2) is 0 Å². The van der Waals surface area contributed by atoms with Crippen LogP contribution in [-0.4, -0.2) is 94.5 Å². The lowest BCUT2D eigenvalue weighted by atomic mass is 10.0. The Morgan fingerprint density at radius 1 is 0.951 bits per heavy atom. The molecular formula is C26H36F6N4O5. The first-order valence-electron chi connectivity index (χ1n) is 13.4. The van der Waals surface area contributed by atoms with E-state index in [4.69, 9.17) is 24.8 Å². The number of amides is 1. The van der Waals surface area contributed by atoms with Crippen LogP contribution in [0.15, 0.2) is 6.07 Å². The van der Waals surface area contributed by atoms with Crippen molar-refractivity contribution in [3.05, 3.63) is 22.9 Å². The molecule has 0 aromatic carbocycles. The van der Waals surface area contributed by atoms with E-state index in [1.807, 2.05) is 4.90 Å². The first-order chi connectivity index (χ1) is 19.0. The third-order valence-corrected chi connectivity index (χ3v) is 6.55. The molecule has 15 heteroatoms. The Morgan fingerprint density at radius 3 is 1.93 bits per heavy atom. The molecule has 3 aliphatic rings. The molecule has 232 valence electrons. The summed E-state index contributed by atoms with van der Waals surface area (Å²) in [6.45, 7) is 10.4. The number of carboxylic acid groups (broad SMARTS) is 2. The second kappa shape index (κ2) is 14.7. The van der Waals surface area contributed by atoms with Crippen molar-refractivity contribution in [1.82, 2.24) is 14.8 Å². The molecule has 0 spiro atoms. The van der Waals surface area contributed by atoms with Gasteiger partial charge in [0.05, 0.1) is 5.56 Å². The molecule has 3 N–H and O–H groups in total. The van der Waals surface area contributed by atoms with Gasteiger partial charge in [0.25, 0.3) is 5.91 Å². The number of carbonyl (C=O) groups excluding carboxylic acids is 1. The number of aromatic nitrogens is 1. The zero-order chi connectivity index (χ0) is 31.0. The monoisotopic (exact) mass is 598 g/mol. The number of fused-ring (bicyclic) bond motifs is 1. The predicted octanol–water partition coefficient (Wildman–Crippen LogP) is 4.46. The maximum atomic E-state index is 13.1. The minimum atomic E-state index is -5.08. The zero-order valence-electron chi connectivity index (χ0n) is 22.9. The van der Waals surface area contributed by atoms with Gasteiger partial charge < -0.3 is 25.3 Å². The number of hydrogen-bond acceptors (Lipinski definition) is 6. The van der Waals surface area contributed by atoms with Gasteiger partial charge in [-0.3, -0.25) is 4.79 Å². The summed E-state index contributed by atoms with van der Waals surface area (Å²) in [6, 6.07) is 2.16. The average molecular weight is 599 g/mol. The number of likely N-dealkylation sites (tertiary alicyclic amines) is 1. The third kappa shape index (κ3) is 11.7. The Hall–Kier alpha value is -3.10. The number of nitrogens with zero attached hydrogens (tertiary/aromatic N) is 3. The van der Waals surface area contributed by atoms with Gasteiger partial charge in [0.1, 0.15) is 5.82 Å². The molecule has 3 heterocycles. The van der Waals surface area contributed by atoms with Crippen molar-refractivity contribution in [2.75, 3.05) is 44.6 Å². The molecule has 0 unspecified atom stereocenters. The third-order valence-electron chi connectivity index (χ3n) is 6.55. The molecule has 1 aromatic heterocycles. The van der Waals surface area contributed by atoms with Crippen LogP contribution < -0.4 is 5.32 Å². The molecular weight excluding hydrogens is 562 g/mol. The lowest BCUT2D eigenvalue weighted by Gasteiger charge is -2.20. The number of hydrogen-bond donors (Lipinski definition) is 3. The second-order valence-electron chi connectivity index (χ2n) is 10.6. The first-order valence-corrected chi connectivity index (χ1v) is 13.4. The fourth-order valence-electron chi connectivity index (χ4n) is 4.22. The van der Waals surface area contributed by atoms with Gasteiger partial charge in [-0.25, -0.2) is 14.6 Å². The molecule has 1 aromatic rings. The highest BCUT2D eigenvalue weighted by molar-refractivity contribution is 5.99. The summed E-state index contributed by atoms with van der Waals surface area (Å²) < 4.78 is 63.5. The van der Waals surface area contributed by atoms with E-state index in [0.717, 1.165) is 75.7 Å². The molecule has 1 amide bonds. The summed E-state index contributed by atoms with van der Waals surface area (Å²) in [5, 5.41) is 17.7. The van der Waals surface area contributed by atoms with Crippen LogP contribution in [0.1, 0.15) is 61.1 Å². The molecule has 2 aliphatic heterocycles. The fraction of sp³-hybridized carbons (Fsp3) is 0.692. The SMILES string of the molecule is CC(C)CNc1nc2c(cc1C(=O)N1CCCC1)CCN(CC1CC1)CC2.O=C(O)C(F)(F)F.O=C(O)C(F)(F)F. The van der Waals surface area contributed by atoms with Crippen molar-refractivity contribution in [3.63, 3.8) is 0 Å². The zero-order valence-corrected chi connectivity index (χ0v) is 22.9. The number of halogens is 6. The molecule has 9 nitrogen and oxygen atoms in total. The van der Waals surface area contributed by atoms with E-state index in [2.05, 4.69) is 30.1 Å². The molecule has 0 atom stereocenters. The van der Waals surface area contributed by atoms with Gasteiger partial charge in [-0.1, -0.05) is 13.8 Å². The van der Waals surface area contributed by atoms with Gasteiger partial charge in [0, 0.05) is 51.4 Å². The summed E-state index contributed by atoms with van der Waals surface area (Å²) in [5.74, 6) is -3.10. The van der Waals surface area contributed by atoms with Gasteiger partial charge in [-0.2, -0.15) is 26.3 Å². The van der Waals surface area contributed by atoms with Gasteiger partial charge in [0.2, 0.25) is 0 Å².